The molecule has 0 aliphatic carbocycles. The standard InChI is InChI=1S/C19H21BrN2O4S2/c1-2-26-16-8-5-14(13-17(16)28(24,25)22-11-3-4-12-22)21-19(23)10-7-15-6-9-18(20)27-15/h5-10,13H,2-4,11-12H2,1H3,(H,21,23)/b10-7+. The number of halogens is 1. The number of anilines is 1. The molecule has 1 aliphatic rings. The number of ether oxygens (including phenoxy) is 1. The Kier molecular flexibility index (Phi) is 6.92. The molecule has 1 amide bonds. The molecule has 1 fully saturated rings. The van der Waals surface area contributed by atoms with E-state index in [0.717, 1.165) is 21.5 Å². The van der Waals surface area contributed by atoms with E-state index in [1.807, 2.05) is 12.1 Å². The number of rotatable bonds is 7. The van der Waals surface area contributed by atoms with Crippen molar-refractivity contribution in [3.05, 3.63) is 45.1 Å². The molecular weight excluding hydrogens is 464 g/mol. The second-order valence-corrected chi connectivity index (χ2v) is 10.6. The topological polar surface area (TPSA) is 75.7 Å². The summed E-state index contributed by atoms with van der Waals surface area (Å²) in [6.07, 6.45) is 4.83. The molecular formula is C19H21BrN2O4S2. The highest BCUT2D eigenvalue weighted by Gasteiger charge is 2.30. The molecule has 0 unspecified atom stereocenters. The van der Waals surface area contributed by atoms with Crippen molar-refractivity contribution in [1.29, 1.82) is 0 Å². The average molecular weight is 485 g/mol. The zero-order valence-electron chi connectivity index (χ0n) is 15.4. The van der Waals surface area contributed by atoms with Crippen LogP contribution < -0.4 is 10.1 Å². The Morgan fingerprint density at radius 2 is 2.04 bits per heavy atom. The molecule has 3 rings (SSSR count). The van der Waals surface area contributed by atoms with E-state index in [4.69, 9.17) is 4.74 Å². The van der Waals surface area contributed by atoms with E-state index in [1.54, 1.807) is 25.1 Å². The fourth-order valence-corrected chi connectivity index (χ4v) is 5.89. The molecule has 1 aromatic carbocycles. The van der Waals surface area contributed by atoms with E-state index in [2.05, 4.69) is 21.2 Å². The van der Waals surface area contributed by atoms with Crippen molar-refractivity contribution in [3.8, 4) is 5.75 Å². The molecule has 2 heterocycles. The van der Waals surface area contributed by atoms with Crippen LogP contribution in [-0.4, -0.2) is 38.3 Å². The summed E-state index contributed by atoms with van der Waals surface area (Å²) in [6, 6.07) is 8.50. The monoisotopic (exact) mass is 484 g/mol. The van der Waals surface area contributed by atoms with Crippen molar-refractivity contribution in [2.45, 2.75) is 24.7 Å². The number of carbonyl (C=O) groups excluding carboxylic acids is 1. The van der Waals surface area contributed by atoms with Crippen molar-refractivity contribution in [1.82, 2.24) is 4.31 Å². The number of amides is 1. The number of thiophene rings is 1. The van der Waals surface area contributed by atoms with Crippen molar-refractivity contribution in [2.75, 3.05) is 25.0 Å². The number of nitrogens with zero attached hydrogens (tertiary/aromatic N) is 1. The quantitative estimate of drug-likeness (QED) is 0.592. The van der Waals surface area contributed by atoms with Crippen LogP contribution in [0.1, 0.15) is 24.6 Å². The second-order valence-electron chi connectivity index (χ2n) is 6.17. The molecule has 0 atom stereocenters. The van der Waals surface area contributed by atoms with Crippen LogP contribution in [0.2, 0.25) is 0 Å². The first-order chi connectivity index (χ1) is 13.4. The van der Waals surface area contributed by atoms with Gasteiger partial charge in [-0.1, -0.05) is 0 Å². The first-order valence-electron chi connectivity index (χ1n) is 8.91. The first-order valence-corrected chi connectivity index (χ1v) is 12.0. The summed E-state index contributed by atoms with van der Waals surface area (Å²) in [4.78, 5) is 13.2. The Morgan fingerprint density at radius 1 is 1.29 bits per heavy atom. The lowest BCUT2D eigenvalue weighted by molar-refractivity contribution is -0.111. The minimum Gasteiger partial charge on any atom is -0.492 e. The molecule has 1 aliphatic heterocycles. The van der Waals surface area contributed by atoms with Gasteiger partial charge in [0, 0.05) is 29.7 Å². The normalized spacial score (nSPS) is 15.2. The second kappa shape index (κ2) is 9.21. The number of nitrogens with one attached hydrogen (secondary N) is 1. The van der Waals surface area contributed by atoms with Gasteiger partial charge >= 0.3 is 0 Å². The summed E-state index contributed by atoms with van der Waals surface area (Å²) in [6.45, 7) is 3.16. The van der Waals surface area contributed by atoms with Gasteiger partial charge in [0.15, 0.2) is 0 Å². The van der Waals surface area contributed by atoms with Gasteiger partial charge in [-0.25, -0.2) is 8.42 Å². The summed E-state index contributed by atoms with van der Waals surface area (Å²) >= 11 is 4.89. The highest BCUT2D eigenvalue weighted by Crippen LogP contribution is 2.31. The Morgan fingerprint density at radius 3 is 2.68 bits per heavy atom. The lowest BCUT2D eigenvalue weighted by atomic mass is 10.3. The molecule has 0 radical (unpaired) electrons. The van der Waals surface area contributed by atoms with E-state index in [-0.39, 0.29) is 10.8 Å². The zero-order chi connectivity index (χ0) is 20.1. The third kappa shape index (κ3) is 5.02. The predicted molar refractivity (Wildman–Crippen MR) is 115 cm³/mol. The fraction of sp³-hybridized carbons (Fsp3) is 0.316. The number of hydrogen-bond donors (Lipinski definition) is 1. The van der Waals surface area contributed by atoms with Crippen molar-refractivity contribution in [2.24, 2.45) is 0 Å². The molecule has 9 heteroatoms. The van der Waals surface area contributed by atoms with E-state index < -0.39 is 10.0 Å². The largest absolute Gasteiger partial charge is 0.492 e. The minimum absolute atomic E-state index is 0.0835. The van der Waals surface area contributed by atoms with Crippen molar-refractivity contribution in [3.63, 3.8) is 0 Å². The van der Waals surface area contributed by atoms with E-state index in [1.165, 1.54) is 27.8 Å². The first kappa shape index (κ1) is 21.0. The van der Waals surface area contributed by atoms with Gasteiger partial charge in [0.1, 0.15) is 10.6 Å². The minimum atomic E-state index is -3.67. The molecule has 0 saturated carbocycles. The van der Waals surface area contributed by atoms with Crippen LogP contribution in [0.5, 0.6) is 5.75 Å². The molecule has 28 heavy (non-hydrogen) atoms. The number of sulfonamides is 1. The van der Waals surface area contributed by atoms with Gasteiger partial charge in [-0.05, 0) is 72.1 Å². The number of carbonyl (C=O) groups is 1. The molecule has 1 N–H and O–H groups in total. The maximum absolute atomic E-state index is 13.0. The van der Waals surface area contributed by atoms with E-state index in [0.29, 0.717) is 31.1 Å². The van der Waals surface area contributed by atoms with Crippen LogP contribution in [-0.2, 0) is 14.8 Å². The summed E-state index contributed by atoms with van der Waals surface area (Å²) in [5, 5.41) is 2.72. The third-order valence-electron chi connectivity index (χ3n) is 4.19. The van der Waals surface area contributed by atoms with Crippen LogP contribution in [0.4, 0.5) is 5.69 Å². The lowest BCUT2D eigenvalue weighted by Crippen LogP contribution is -2.28. The molecule has 0 spiro atoms. The van der Waals surface area contributed by atoms with Gasteiger partial charge in [0.2, 0.25) is 15.9 Å². The smallest absolute Gasteiger partial charge is 0.248 e. The summed E-state index contributed by atoms with van der Waals surface area (Å²) < 4.78 is 34.0. The average Bonchev–Trinajstić information content (AvgIpc) is 3.33. The van der Waals surface area contributed by atoms with Gasteiger partial charge < -0.3 is 10.1 Å². The molecule has 150 valence electrons. The molecule has 2 aromatic rings. The van der Waals surface area contributed by atoms with E-state index >= 15 is 0 Å². The molecule has 1 saturated heterocycles. The van der Waals surface area contributed by atoms with Crippen LogP contribution in [0.3, 0.4) is 0 Å². The fourth-order valence-electron chi connectivity index (χ4n) is 2.89. The third-order valence-corrected chi connectivity index (χ3v) is 7.70. The van der Waals surface area contributed by atoms with Gasteiger partial charge in [-0.15, -0.1) is 11.3 Å². The van der Waals surface area contributed by atoms with Crippen LogP contribution in [0, 0.1) is 0 Å². The Labute approximate surface area is 177 Å². The number of benzene rings is 1. The van der Waals surface area contributed by atoms with Crippen LogP contribution >= 0.6 is 27.3 Å². The summed E-state index contributed by atoms with van der Waals surface area (Å²) in [5.41, 5.74) is 0.406. The maximum Gasteiger partial charge on any atom is 0.248 e. The maximum atomic E-state index is 13.0. The molecule has 6 nitrogen and oxygen atoms in total. The number of hydrogen-bond acceptors (Lipinski definition) is 5. The van der Waals surface area contributed by atoms with Crippen molar-refractivity contribution < 1.29 is 17.9 Å². The van der Waals surface area contributed by atoms with Crippen molar-refractivity contribution >= 4 is 55.0 Å². The summed E-state index contributed by atoms with van der Waals surface area (Å²) in [5.74, 6) is -0.0374. The molecule has 0 bridgehead atoms. The Bertz CT molecular complexity index is 980. The van der Waals surface area contributed by atoms with E-state index in [9.17, 15) is 13.2 Å². The van der Waals surface area contributed by atoms with Gasteiger partial charge in [-0.2, -0.15) is 4.31 Å². The predicted octanol–water partition coefficient (Wildman–Crippen LogP) is 4.35. The van der Waals surface area contributed by atoms with Gasteiger partial charge in [-0.3, -0.25) is 4.79 Å². The van der Waals surface area contributed by atoms with Gasteiger partial charge in [0.05, 0.1) is 10.4 Å². The lowest BCUT2D eigenvalue weighted by Gasteiger charge is -2.19. The summed E-state index contributed by atoms with van der Waals surface area (Å²) in [7, 11) is -3.67. The van der Waals surface area contributed by atoms with Crippen LogP contribution in [0.15, 0.2) is 45.1 Å². The van der Waals surface area contributed by atoms with Gasteiger partial charge in [0.25, 0.3) is 0 Å². The highest BCUT2D eigenvalue weighted by molar-refractivity contribution is 9.11. The Balaban J connectivity index is 1.82. The molecule has 1 aromatic heterocycles. The zero-order valence-corrected chi connectivity index (χ0v) is 18.6. The Hall–Kier alpha value is -1.68. The van der Waals surface area contributed by atoms with Crippen LogP contribution in [0.25, 0.3) is 6.08 Å². The highest BCUT2D eigenvalue weighted by atomic mass is 79.9. The SMILES string of the molecule is CCOc1ccc(NC(=O)/C=C/c2ccc(Br)s2)cc1S(=O)(=O)N1CCCC1.